The summed E-state index contributed by atoms with van der Waals surface area (Å²) in [6, 6.07) is 5.24. The first-order valence-electron chi connectivity index (χ1n) is 5.20. The Morgan fingerprint density at radius 3 is 2.53 bits per heavy atom. The molecule has 1 saturated heterocycles. The highest BCUT2D eigenvalue weighted by Crippen LogP contribution is 2.33. The van der Waals surface area contributed by atoms with E-state index >= 15 is 0 Å². The van der Waals surface area contributed by atoms with Gasteiger partial charge in [0.2, 0.25) is 0 Å². The zero-order valence-corrected chi connectivity index (χ0v) is 9.12. The van der Waals surface area contributed by atoms with Crippen LogP contribution in [0.3, 0.4) is 0 Å². The Bertz CT molecular complexity index is 354. The molecule has 0 radical (unpaired) electrons. The lowest BCUT2D eigenvalue weighted by Crippen LogP contribution is -2.35. The quantitative estimate of drug-likeness (QED) is 0.769. The van der Waals surface area contributed by atoms with E-state index in [1.807, 2.05) is 19.9 Å². The number of aryl methyl sites for hydroxylation is 1. The van der Waals surface area contributed by atoms with Gasteiger partial charge in [0.05, 0.1) is 13.2 Å². The van der Waals surface area contributed by atoms with E-state index in [0.29, 0.717) is 0 Å². The Hall–Kier alpha value is -1.06. The van der Waals surface area contributed by atoms with Crippen molar-refractivity contribution in [2.24, 2.45) is 0 Å². The van der Waals surface area contributed by atoms with Crippen molar-refractivity contribution in [3.63, 3.8) is 0 Å². The monoisotopic (exact) mass is 208 g/mol. The fourth-order valence-corrected chi connectivity index (χ4v) is 1.95. The minimum absolute atomic E-state index is 0.274. The van der Waals surface area contributed by atoms with E-state index in [1.54, 1.807) is 12.1 Å². The molecule has 1 heterocycles. The van der Waals surface area contributed by atoms with Gasteiger partial charge in [0.25, 0.3) is 0 Å². The van der Waals surface area contributed by atoms with Crippen molar-refractivity contribution in [2.45, 2.75) is 26.1 Å². The predicted molar refractivity (Wildman–Crippen MR) is 56.7 cm³/mol. The van der Waals surface area contributed by atoms with Crippen LogP contribution >= 0.6 is 0 Å². The van der Waals surface area contributed by atoms with Gasteiger partial charge in [0, 0.05) is 5.56 Å². The highest BCUT2D eigenvalue weighted by molar-refractivity contribution is 5.36. The van der Waals surface area contributed by atoms with E-state index in [4.69, 9.17) is 9.47 Å². The first-order valence-corrected chi connectivity index (χ1v) is 5.20. The average molecular weight is 208 g/mol. The molecule has 1 aromatic carbocycles. The summed E-state index contributed by atoms with van der Waals surface area (Å²) >= 11 is 0. The molecule has 0 saturated carbocycles. The molecule has 0 amide bonds. The zero-order valence-electron chi connectivity index (χ0n) is 9.12. The van der Waals surface area contributed by atoms with Crippen LogP contribution in [-0.4, -0.2) is 18.3 Å². The summed E-state index contributed by atoms with van der Waals surface area (Å²) in [5.41, 5.74) is 1.97. The molecule has 15 heavy (non-hydrogen) atoms. The first kappa shape index (κ1) is 10.5. The molecule has 0 atom stereocenters. The minimum atomic E-state index is -0.657. The fourth-order valence-electron chi connectivity index (χ4n) is 1.95. The third-order valence-corrected chi connectivity index (χ3v) is 2.74. The van der Waals surface area contributed by atoms with Crippen molar-refractivity contribution in [3.05, 3.63) is 29.3 Å². The molecule has 3 nitrogen and oxygen atoms in total. The standard InChI is InChI=1S/C12H16O3/c1-9-8-10(13)4-5-11(9)12(2)14-6-3-7-15-12/h4-5,8,13H,3,6-7H2,1-2H3. The third kappa shape index (κ3) is 1.98. The highest BCUT2D eigenvalue weighted by Gasteiger charge is 2.32. The highest BCUT2D eigenvalue weighted by atomic mass is 16.7. The molecule has 1 fully saturated rings. The van der Waals surface area contributed by atoms with E-state index in [9.17, 15) is 5.11 Å². The molecular formula is C12H16O3. The molecule has 1 aromatic rings. The van der Waals surface area contributed by atoms with Crippen LogP contribution in [0.15, 0.2) is 18.2 Å². The van der Waals surface area contributed by atoms with Crippen LogP contribution in [0.25, 0.3) is 0 Å². The molecule has 1 aliphatic heterocycles. The van der Waals surface area contributed by atoms with E-state index in [0.717, 1.165) is 30.8 Å². The third-order valence-electron chi connectivity index (χ3n) is 2.74. The van der Waals surface area contributed by atoms with Crippen molar-refractivity contribution < 1.29 is 14.6 Å². The minimum Gasteiger partial charge on any atom is -0.508 e. The van der Waals surface area contributed by atoms with E-state index < -0.39 is 5.79 Å². The van der Waals surface area contributed by atoms with Crippen LogP contribution in [-0.2, 0) is 15.3 Å². The van der Waals surface area contributed by atoms with Crippen LogP contribution in [0.5, 0.6) is 5.75 Å². The van der Waals surface area contributed by atoms with Gasteiger partial charge in [0.1, 0.15) is 5.75 Å². The number of hydrogen-bond donors (Lipinski definition) is 1. The van der Waals surface area contributed by atoms with Gasteiger partial charge in [-0.15, -0.1) is 0 Å². The van der Waals surface area contributed by atoms with Crippen molar-refractivity contribution in [2.75, 3.05) is 13.2 Å². The summed E-state index contributed by atoms with van der Waals surface area (Å²) < 4.78 is 11.3. The molecule has 0 aromatic heterocycles. The second kappa shape index (κ2) is 3.83. The summed E-state index contributed by atoms with van der Waals surface area (Å²) in [6.45, 7) is 5.31. The average Bonchev–Trinajstić information content (AvgIpc) is 2.18. The van der Waals surface area contributed by atoms with Crippen molar-refractivity contribution >= 4 is 0 Å². The summed E-state index contributed by atoms with van der Waals surface area (Å²) in [5, 5.41) is 9.34. The zero-order chi connectivity index (χ0) is 10.9. The van der Waals surface area contributed by atoms with Crippen molar-refractivity contribution in [1.82, 2.24) is 0 Å². The Balaban J connectivity index is 2.35. The number of hydrogen-bond acceptors (Lipinski definition) is 3. The number of phenols is 1. The van der Waals surface area contributed by atoms with Gasteiger partial charge in [-0.25, -0.2) is 0 Å². The van der Waals surface area contributed by atoms with Gasteiger partial charge < -0.3 is 14.6 Å². The van der Waals surface area contributed by atoms with Crippen molar-refractivity contribution in [3.8, 4) is 5.75 Å². The van der Waals surface area contributed by atoms with Gasteiger partial charge in [-0.3, -0.25) is 0 Å². The Morgan fingerprint density at radius 1 is 1.27 bits per heavy atom. The SMILES string of the molecule is Cc1cc(O)ccc1C1(C)OCCCO1. The largest absolute Gasteiger partial charge is 0.508 e. The Morgan fingerprint density at radius 2 is 1.93 bits per heavy atom. The number of ether oxygens (including phenoxy) is 2. The molecule has 0 spiro atoms. The van der Waals surface area contributed by atoms with Gasteiger partial charge in [-0.2, -0.15) is 0 Å². The van der Waals surface area contributed by atoms with Crippen LogP contribution in [0.1, 0.15) is 24.5 Å². The second-order valence-corrected chi connectivity index (χ2v) is 4.00. The summed E-state index contributed by atoms with van der Waals surface area (Å²) in [5.74, 6) is -0.383. The number of phenolic OH excluding ortho intramolecular Hbond substituents is 1. The van der Waals surface area contributed by atoms with Crippen LogP contribution in [0, 0.1) is 6.92 Å². The Labute approximate surface area is 89.6 Å². The molecule has 0 aliphatic carbocycles. The van der Waals surface area contributed by atoms with E-state index in [-0.39, 0.29) is 5.75 Å². The lowest BCUT2D eigenvalue weighted by molar-refractivity contribution is -0.265. The molecule has 1 N–H and O–H groups in total. The van der Waals surface area contributed by atoms with Crippen LogP contribution < -0.4 is 0 Å². The molecule has 82 valence electrons. The van der Waals surface area contributed by atoms with Crippen molar-refractivity contribution in [1.29, 1.82) is 0 Å². The number of aromatic hydroxyl groups is 1. The van der Waals surface area contributed by atoms with Gasteiger partial charge in [-0.1, -0.05) is 0 Å². The first-order chi connectivity index (χ1) is 7.12. The van der Waals surface area contributed by atoms with Crippen LogP contribution in [0.4, 0.5) is 0 Å². The Kier molecular flexibility index (Phi) is 2.67. The fraction of sp³-hybridized carbons (Fsp3) is 0.500. The second-order valence-electron chi connectivity index (χ2n) is 4.00. The molecule has 3 heteroatoms. The summed E-state index contributed by atoms with van der Waals surface area (Å²) in [4.78, 5) is 0. The molecule has 1 aliphatic rings. The summed E-state index contributed by atoms with van der Waals surface area (Å²) in [6.07, 6.45) is 0.937. The maximum atomic E-state index is 9.34. The van der Waals surface area contributed by atoms with Gasteiger partial charge >= 0.3 is 0 Å². The molecule has 0 bridgehead atoms. The van der Waals surface area contributed by atoms with E-state index in [2.05, 4.69) is 0 Å². The predicted octanol–water partition coefficient (Wildman–Crippen LogP) is 2.31. The van der Waals surface area contributed by atoms with Crippen LogP contribution in [0.2, 0.25) is 0 Å². The van der Waals surface area contributed by atoms with E-state index in [1.165, 1.54) is 0 Å². The number of rotatable bonds is 1. The molecule has 2 rings (SSSR count). The van der Waals surface area contributed by atoms with Gasteiger partial charge in [-0.05, 0) is 44.0 Å². The molecule has 0 unspecified atom stereocenters. The summed E-state index contributed by atoms with van der Waals surface area (Å²) in [7, 11) is 0. The smallest absolute Gasteiger partial charge is 0.192 e. The lowest BCUT2D eigenvalue weighted by atomic mass is 10.0. The normalized spacial score (nSPS) is 20.1. The number of benzene rings is 1. The molecular weight excluding hydrogens is 192 g/mol. The maximum absolute atomic E-state index is 9.34. The topological polar surface area (TPSA) is 38.7 Å². The maximum Gasteiger partial charge on any atom is 0.192 e. The lowest BCUT2D eigenvalue weighted by Gasteiger charge is -2.35. The van der Waals surface area contributed by atoms with Gasteiger partial charge in [0.15, 0.2) is 5.79 Å².